The maximum Gasteiger partial charge on any atom is 0.191 e. The van der Waals surface area contributed by atoms with Crippen LogP contribution in [0.15, 0.2) is 23.3 Å². The zero-order chi connectivity index (χ0) is 18.5. The summed E-state index contributed by atoms with van der Waals surface area (Å²) in [5, 5.41) is 6.78. The predicted molar refractivity (Wildman–Crippen MR) is 131 cm³/mol. The minimum absolute atomic E-state index is 0. The van der Waals surface area contributed by atoms with Gasteiger partial charge in [-0.2, -0.15) is 11.8 Å². The van der Waals surface area contributed by atoms with Crippen molar-refractivity contribution >= 4 is 47.5 Å². The molecule has 1 aliphatic heterocycles. The molecule has 154 valence electrons. The highest BCUT2D eigenvalue weighted by molar-refractivity contribution is 14.0. The minimum atomic E-state index is 0. The summed E-state index contributed by atoms with van der Waals surface area (Å²) in [6.07, 6.45) is 11.7. The Bertz CT molecular complexity index is 533. The van der Waals surface area contributed by atoms with E-state index in [2.05, 4.69) is 45.8 Å². The highest BCUT2D eigenvalue weighted by atomic mass is 127. The van der Waals surface area contributed by atoms with Crippen LogP contribution in [0.3, 0.4) is 0 Å². The maximum absolute atomic E-state index is 4.75. The molecule has 2 heterocycles. The Hall–Kier alpha value is -0.700. The van der Waals surface area contributed by atoms with Crippen LogP contribution in [0.4, 0.5) is 5.82 Å². The summed E-state index contributed by atoms with van der Waals surface area (Å²) in [4.78, 5) is 11.8. The normalized spacial score (nSPS) is 15.0. The molecule has 2 rings (SSSR count). The molecule has 1 saturated heterocycles. The molecule has 1 aromatic rings. The van der Waals surface area contributed by atoms with E-state index in [-0.39, 0.29) is 24.0 Å². The lowest BCUT2D eigenvalue weighted by Gasteiger charge is -2.21. The highest BCUT2D eigenvalue weighted by Gasteiger charge is 2.11. The Balaban J connectivity index is 0.00000364. The molecule has 0 bridgehead atoms. The molecule has 0 amide bonds. The van der Waals surface area contributed by atoms with Crippen molar-refractivity contribution < 1.29 is 0 Å². The molecule has 0 aliphatic carbocycles. The van der Waals surface area contributed by atoms with Crippen LogP contribution in [-0.4, -0.2) is 49.1 Å². The zero-order valence-corrected chi connectivity index (χ0v) is 20.0. The Morgan fingerprint density at radius 1 is 1.19 bits per heavy atom. The molecule has 27 heavy (non-hydrogen) atoms. The van der Waals surface area contributed by atoms with Gasteiger partial charge in [0.25, 0.3) is 0 Å². The third kappa shape index (κ3) is 9.87. The van der Waals surface area contributed by atoms with E-state index in [1.807, 2.05) is 18.0 Å². The Morgan fingerprint density at radius 3 is 2.67 bits per heavy atom. The fourth-order valence-electron chi connectivity index (χ4n) is 3.12. The van der Waals surface area contributed by atoms with E-state index in [0.717, 1.165) is 38.0 Å². The van der Waals surface area contributed by atoms with E-state index in [1.54, 1.807) is 0 Å². The molecule has 1 fully saturated rings. The van der Waals surface area contributed by atoms with Gasteiger partial charge >= 0.3 is 0 Å². The molecular formula is C20H36IN5S. The van der Waals surface area contributed by atoms with Crippen molar-refractivity contribution in [1.29, 1.82) is 0 Å². The molecule has 2 N–H and O–H groups in total. The number of pyridine rings is 1. The molecule has 0 saturated carbocycles. The molecule has 1 aromatic heterocycles. The van der Waals surface area contributed by atoms with Gasteiger partial charge in [0, 0.05) is 32.4 Å². The van der Waals surface area contributed by atoms with Crippen molar-refractivity contribution in [2.75, 3.05) is 43.1 Å². The van der Waals surface area contributed by atoms with Crippen LogP contribution in [0.2, 0.25) is 0 Å². The lowest BCUT2D eigenvalue weighted by atomic mass is 10.2. The molecule has 5 nitrogen and oxygen atoms in total. The average molecular weight is 506 g/mol. The third-order valence-corrected chi connectivity index (χ3v) is 5.27. The molecule has 1 aliphatic rings. The van der Waals surface area contributed by atoms with Gasteiger partial charge in [0.2, 0.25) is 0 Å². The lowest BCUT2D eigenvalue weighted by molar-refractivity contribution is 0.726. The van der Waals surface area contributed by atoms with Gasteiger partial charge in [-0.05, 0) is 62.3 Å². The van der Waals surface area contributed by atoms with Crippen molar-refractivity contribution in [1.82, 2.24) is 15.6 Å². The summed E-state index contributed by atoms with van der Waals surface area (Å²) in [6, 6.07) is 4.28. The van der Waals surface area contributed by atoms with Gasteiger partial charge < -0.3 is 15.5 Å². The number of thioether (sulfide) groups is 1. The van der Waals surface area contributed by atoms with Crippen LogP contribution < -0.4 is 15.5 Å². The van der Waals surface area contributed by atoms with E-state index >= 15 is 0 Å². The lowest BCUT2D eigenvalue weighted by Crippen LogP contribution is -2.37. The number of rotatable bonds is 9. The molecule has 7 heteroatoms. The number of hydrogen-bond donors (Lipinski definition) is 2. The Morgan fingerprint density at radius 2 is 1.96 bits per heavy atom. The summed E-state index contributed by atoms with van der Waals surface area (Å²) < 4.78 is 0. The number of anilines is 1. The van der Waals surface area contributed by atoms with Crippen LogP contribution >= 0.6 is 35.7 Å². The number of aliphatic imine (C=N–C) groups is 1. The number of nitrogens with one attached hydrogen (secondary N) is 2. The SMILES string of the molecule is CCNC(=NCc1ccnc(N2CCCCCC2)c1)NCCCCSC.I. The summed E-state index contributed by atoms with van der Waals surface area (Å²) in [5.74, 6) is 3.24. The summed E-state index contributed by atoms with van der Waals surface area (Å²) in [7, 11) is 0. The number of aromatic nitrogens is 1. The van der Waals surface area contributed by atoms with Crippen LogP contribution in [0.1, 0.15) is 51.0 Å². The van der Waals surface area contributed by atoms with E-state index in [1.165, 1.54) is 49.8 Å². The van der Waals surface area contributed by atoms with E-state index in [0.29, 0.717) is 6.54 Å². The van der Waals surface area contributed by atoms with Gasteiger partial charge in [-0.15, -0.1) is 24.0 Å². The first-order valence-electron chi connectivity index (χ1n) is 10.0. The summed E-state index contributed by atoms with van der Waals surface area (Å²) in [5.41, 5.74) is 1.22. The Labute approximate surface area is 186 Å². The van der Waals surface area contributed by atoms with Crippen molar-refractivity contribution in [3.8, 4) is 0 Å². The molecule has 0 atom stereocenters. The summed E-state index contributed by atoms with van der Waals surface area (Å²) >= 11 is 1.91. The first kappa shape index (κ1) is 24.3. The molecule has 0 spiro atoms. The molecule has 0 radical (unpaired) electrons. The fraction of sp³-hybridized carbons (Fsp3) is 0.700. The van der Waals surface area contributed by atoms with Gasteiger partial charge in [-0.3, -0.25) is 0 Å². The standard InChI is InChI=1S/C20H35N5S.HI/c1-3-21-20(23-11-6-9-15-26-2)24-17-18-10-12-22-19(16-18)25-13-7-4-5-8-14-25;/h10,12,16H,3-9,11,13-15,17H2,1-2H3,(H2,21,23,24);1H. The number of nitrogens with zero attached hydrogens (tertiary/aromatic N) is 3. The van der Waals surface area contributed by atoms with Gasteiger partial charge in [0.05, 0.1) is 6.54 Å². The molecule has 0 unspecified atom stereocenters. The average Bonchev–Trinajstić information content (AvgIpc) is 2.95. The smallest absolute Gasteiger partial charge is 0.191 e. The topological polar surface area (TPSA) is 52.6 Å². The van der Waals surface area contributed by atoms with Gasteiger partial charge in [0.1, 0.15) is 5.82 Å². The van der Waals surface area contributed by atoms with Crippen molar-refractivity contribution in [2.24, 2.45) is 4.99 Å². The maximum atomic E-state index is 4.75. The fourth-order valence-corrected chi connectivity index (χ4v) is 3.61. The largest absolute Gasteiger partial charge is 0.357 e. The van der Waals surface area contributed by atoms with E-state index < -0.39 is 0 Å². The minimum Gasteiger partial charge on any atom is -0.357 e. The first-order valence-corrected chi connectivity index (χ1v) is 11.4. The van der Waals surface area contributed by atoms with Crippen molar-refractivity contribution in [3.05, 3.63) is 23.9 Å². The van der Waals surface area contributed by atoms with Crippen LogP contribution in [0.25, 0.3) is 0 Å². The van der Waals surface area contributed by atoms with Crippen molar-refractivity contribution in [3.63, 3.8) is 0 Å². The van der Waals surface area contributed by atoms with E-state index in [4.69, 9.17) is 4.99 Å². The van der Waals surface area contributed by atoms with Crippen LogP contribution in [0, 0.1) is 0 Å². The Kier molecular flexibility index (Phi) is 13.7. The van der Waals surface area contributed by atoms with Gasteiger partial charge in [-0.25, -0.2) is 9.98 Å². The second kappa shape index (κ2) is 15.2. The first-order chi connectivity index (χ1) is 12.8. The molecule has 0 aromatic carbocycles. The van der Waals surface area contributed by atoms with Gasteiger partial charge in [-0.1, -0.05) is 12.8 Å². The number of guanidine groups is 1. The van der Waals surface area contributed by atoms with Crippen LogP contribution in [-0.2, 0) is 6.54 Å². The van der Waals surface area contributed by atoms with Crippen LogP contribution in [0.5, 0.6) is 0 Å². The van der Waals surface area contributed by atoms with Gasteiger partial charge in [0.15, 0.2) is 5.96 Å². The van der Waals surface area contributed by atoms with Crippen molar-refractivity contribution in [2.45, 2.75) is 52.0 Å². The number of hydrogen-bond acceptors (Lipinski definition) is 4. The predicted octanol–water partition coefficient (Wildman–Crippen LogP) is 4.28. The molecular weight excluding hydrogens is 469 g/mol. The second-order valence-electron chi connectivity index (χ2n) is 6.75. The summed E-state index contributed by atoms with van der Waals surface area (Å²) in [6.45, 7) is 6.89. The third-order valence-electron chi connectivity index (χ3n) is 4.57. The number of unbranched alkanes of at least 4 members (excludes halogenated alkanes) is 1. The second-order valence-corrected chi connectivity index (χ2v) is 7.73. The highest BCUT2D eigenvalue weighted by Crippen LogP contribution is 2.18. The number of halogens is 1. The van der Waals surface area contributed by atoms with E-state index in [9.17, 15) is 0 Å². The zero-order valence-electron chi connectivity index (χ0n) is 16.9. The monoisotopic (exact) mass is 505 g/mol. The quantitative estimate of drug-likeness (QED) is 0.227.